The normalized spacial score (nSPS) is 22.2. The van der Waals surface area contributed by atoms with Crippen molar-refractivity contribution in [3.05, 3.63) is 11.6 Å². The third-order valence-electron chi connectivity index (χ3n) is 6.45. The van der Waals surface area contributed by atoms with Gasteiger partial charge in [0.15, 0.2) is 0 Å². The van der Waals surface area contributed by atoms with Crippen LogP contribution in [0.5, 0.6) is 0 Å². The zero-order valence-electron chi connectivity index (χ0n) is 20.8. The van der Waals surface area contributed by atoms with Crippen molar-refractivity contribution >= 4 is 17.8 Å². The summed E-state index contributed by atoms with van der Waals surface area (Å²) in [6, 6.07) is -1.12. The minimum absolute atomic E-state index is 0.0154. The van der Waals surface area contributed by atoms with Crippen molar-refractivity contribution in [1.82, 2.24) is 15.5 Å². The fourth-order valence-electron chi connectivity index (χ4n) is 4.22. The molecule has 31 heavy (non-hydrogen) atoms. The number of likely N-dealkylation sites (N-methyl/N-ethyl adjacent to an activating group) is 1. The van der Waals surface area contributed by atoms with Gasteiger partial charge in [-0.1, -0.05) is 54.5 Å². The maximum absolute atomic E-state index is 13.6. The van der Waals surface area contributed by atoms with Gasteiger partial charge in [-0.15, -0.1) is 0 Å². The van der Waals surface area contributed by atoms with E-state index in [1.165, 1.54) is 6.92 Å². The Morgan fingerprint density at radius 1 is 1.13 bits per heavy atom. The molecule has 1 saturated heterocycles. The summed E-state index contributed by atoms with van der Waals surface area (Å²) in [5, 5.41) is 15.8. The molecule has 3 atom stereocenters. The molecule has 1 heterocycles. The Labute approximate surface area is 188 Å². The first-order valence-corrected chi connectivity index (χ1v) is 11.4. The molecule has 0 spiro atoms. The molecule has 0 radical (unpaired) electrons. The van der Waals surface area contributed by atoms with Crippen molar-refractivity contribution in [2.75, 3.05) is 13.6 Å². The van der Waals surface area contributed by atoms with E-state index in [2.05, 4.69) is 10.6 Å². The van der Waals surface area contributed by atoms with E-state index in [0.717, 1.165) is 25.8 Å². The second-order valence-corrected chi connectivity index (χ2v) is 10.6. The molecule has 0 aromatic rings. The number of piperidine rings is 1. The second kappa shape index (κ2) is 10.6. The first-order chi connectivity index (χ1) is 14.1. The molecular formula is C24H43N3O4. The van der Waals surface area contributed by atoms with E-state index in [4.69, 9.17) is 0 Å². The SMILES string of the molecule is C/C(=C\[C@H](C(C)C)N(C)C(=O)[C@@H](NC(=O)[C@]1(C(C)C)CCCCN1)C(C)(C)C)C(=O)O. The van der Waals surface area contributed by atoms with Crippen LogP contribution in [0.1, 0.15) is 74.7 Å². The lowest BCUT2D eigenvalue weighted by molar-refractivity contribution is -0.143. The number of carboxylic acids is 1. The van der Waals surface area contributed by atoms with Crippen LogP contribution in [0.15, 0.2) is 11.6 Å². The van der Waals surface area contributed by atoms with Gasteiger partial charge in [0.05, 0.1) is 6.04 Å². The molecule has 0 unspecified atom stereocenters. The van der Waals surface area contributed by atoms with Crippen molar-refractivity contribution in [2.45, 2.75) is 92.3 Å². The van der Waals surface area contributed by atoms with E-state index in [9.17, 15) is 19.5 Å². The largest absolute Gasteiger partial charge is 0.478 e. The van der Waals surface area contributed by atoms with Crippen molar-refractivity contribution in [2.24, 2.45) is 17.3 Å². The first kappa shape index (κ1) is 27.1. The van der Waals surface area contributed by atoms with Gasteiger partial charge in [-0.25, -0.2) is 4.79 Å². The minimum Gasteiger partial charge on any atom is -0.478 e. The van der Waals surface area contributed by atoms with Crippen LogP contribution in [0, 0.1) is 17.3 Å². The van der Waals surface area contributed by atoms with Crippen LogP contribution in [0.4, 0.5) is 0 Å². The number of rotatable bonds is 8. The maximum Gasteiger partial charge on any atom is 0.331 e. The Hall–Kier alpha value is -1.89. The molecule has 7 heteroatoms. The van der Waals surface area contributed by atoms with Crippen LogP contribution in [-0.2, 0) is 14.4 Å². The van der Waals surface area contributed by atoms with E-state index in [1.54, 1.807) is 18.0 Å². The summed E-state index contributed by atoms with van der Waals surface area (Å²) in [4.78, 5) is 40.0. The standard InChI is InChI=1S/C24H43N3O4/c1-15(2)18(14-17(5)21(29)30)27(9)20(28)19(23(6,7)8)26-22(31)24(16(3)4)12-10-11-13-25-24/h14-16,18-19,25H,10-13H2,1-9H3,(H,26,31)(H,29,30)/b17-14+/t18-,19-,24-/m1/s1. The molecule has 0 bridgehead atoms. The summed E-state index contributed by atoms with van der Waals surface area (Å²) < 4.78 is 0. The molecule has 7 nitrogen and oxygen atoms in total. The molecular weight excluding hydrogens is 394 g/mol. The van der Waals surface area contributed by atoms with Crippen LogP contribution in [0.2, 0.25) is 0 Å². The van der Waals surface area contributed by atoms with E-state index < -0.39 is 29.0 Å². The molecule has 3 N–H and O–H groups in total. The molecule has 1 fully saturated rings. The summed E-state index contributed by atoms with van der Waals surface area (Å²) in [6.45, 7) is 16.1. The van der Waals surface area contributed by atoms with E-state index in [0.29, 0.717) is 0 Å². The number of carboxylic acid groups (broad SMARTS) is 1. The topological polar surface area (TPSA) is 98.7 Å². The number of nitrogens with zero attached hydrogens (tertiary/aromatic N) is 1. The van der Waals surface area contributed by atoms with Crippen LogP contribution in [-0.4, -0.2) is 59.0 Å². The summed E-state index contributed by atoms with van der Waals surface area (Å²) in [5.74, 6) is -1.26. The van der Waals surface area contributed by atoms with Gasteiger partial charge in [-0.3, -0.25) is 9.59 Å². The van der Waals surface area contributed by atoms with Gasteiger partial charge < -0.3 is 20.6 Å². The molecule has 0 aliphatic carbocycles. The smallest absolute Gasteiger partial charge is 0.331 e. The molecule has 0 aromatic heterocycles. The molecule has 0 saturated carbocycles. The third kappa shape index (κ3) is 6.55. The first-order valence-electron chi connectivity index (χ1n) is 11.4. The lowest BCUT2D eigenvalue weighted by atomic mass is 9.77. The van der Waals surface area contributed by atoms with E-state index in [-0.39, 0.29) is 29.2 Å². The van der Waals surface area contributed by atoms with Gasteiger partial charge in [0.1, 0.15) is 11.6 Å². The lowest BCUT2D eigenvalue weighted by Crippen LogP contribution is -2.66. The average Bonchev–Trinajstić information content (AvgIpc) is 2.67. The van der Waals surface area contributed by atoms with Crippen molar-refractivity contribution in [3.63, 3.8) is 0 Å². The highest BCUT2D eigenvalue weighted by atomic mass is 16.4. The van der Waals surface area contributed by atoms with Gasteiger partial charge in [-0.05, 0) is 50.0 Å². The van der Waals surface area contributed by atoms with Gasteiger partial charge in [0.25, 0.3) is 0 Å². The molecule has 1 rings (SSSR count). The Morgan fingerprint density at radius 2 is 1.71 bits per heavy atom. The van der Waals surface area contributed by atoms with E-state index >= 15 is 0 Å². The summed E-state index contributed by atoms with van der Waals surface area (Å²) >= 11 is 0. The third-order valence-corrected chi connectivity index (χ3v) is 6.45. The molecule has 1 aliphatic heterocycles. The average molecular weight is 438 g/mol. The van der Waals surface area contributed by atoms with Crippen molar-refractivity contribution < 1.29 is 19.5 Å². The van der Waals surface area contributed by atoms with Gasteiger partial charge in [0, 0.05) is 12.6 Å². The summed E-state index contributed by atoms with van der Waals surface area (Å²) in [6.07, 6.45) is 4.37. The number of aliphatic carboxylic acids is 1. The Kier molecular flexibility index (Phi) is 9.30. The zero-order chi connectivity index (χ0) is 24.1. The van der Waals surface area contributed by atoms with Gasteiger partial charge in [-0.2, -0.15) is 0 Å². The number of hydrogen-bond acceptors (Lipinski definition) is 4. The summed E-state index contributed by atoms with van der Waals surface area (Å²) in [7, 11) is 1.68. The molecule has 2 amide bonds. The number of amides is 2. The minimum atomic E-state index is -1.01. The number of carbonyl (C=O) groups excluding carboxylic acids is 2. The molecule has 178 valence electrons. The highest BCUT2D eigenvalue weighted by Gasteiger charge is 2.45. The Balaban J connectivity index is 3.23. The number of hydrogen-bond donors (Lipinski definition) is 3. The fourth-order valence-corrected chi connectivity index (χ4v) is 4.22. The van der Waals surface area contributed by atoms with Crippen LogP contribution < -0.4 is 10.6 Å². The van der Waals surface area contributed by atoms with Crippen molar-refractivity contribution in [1.29, 1.82) is 0 Å². The van der Waals surface area contributed by atoms with Crippen molar-refractivity contribution in [3.8, 4) is 0 Å². The second-order valence-electron chi connectivity index (χ2n) is 10.6. The lowest BCUT2D eigenvalue weighted by Gasteiger charge is -2.43. The van der Waals surface area contributed by atoms with Crippen LogP contribution in [0.25, 0.3) is 0 Å². The number of carbonyl (C=O) groups is 3. The molecule has 0 aromatic carbocycles. The predicted octanol–water partition coefficient (Wildman–Crippen LogP) is 3.20. The molecule has 1 aliphatic rings. The van der Waals surface area contributed by atoms with E-state index in [1.807, 2.05) is 48.5 Å². The summed E-state index contributed by atoms with van der Waals surface area (Å²) in [5.41, 5.74) is -1.00. The van der Waals surface area contributed by atoms with Crippen LogP contribution in [0.3, 0.4) is 0 Å². The maximum atomic E-state index is 13.6. The Bertz CT molecular complexity index is 685. The quantitative estimate of drug-likeness (QED) is 0.507. The fraction of sp³-hybridized carbons (Fsp3) is 0.792. The number of nitrogens with one attached hydrogen (secondary N) is 2. The highest BCUT2D eigenvalue weighted by Crippen LogP contribution is 2.30. The van der Waals surface area contributed by atoms with Gasteiger partial charge >= 0.3 is 5.97 Å². The highest BCUT2D eigenvalue weighted by molar-refractivity contribution is 5.93. The van der Waals surface area contributed by atoms with Gasteiger partial charge in [0.2, 0.25) is 11.8 Å². The van der Waals surface area contributed by atoms with Crippen LogP contribution >= 0.6 is 0 Å². The Morgan fingerprint density at radius 3 is 2.10 bits per heavy atom. The monoisotopic (exact) mass is 437 g/mol. The zero-order valence-corrected chi connectivity index (χ0v) is 20.8. The predicted molar refractivity (Wildman–Crippen MR) is 124 cm³/mol.